The van der Waals surface area contributed by atoms with Crippen LogP contribution >= 0.6 is 0 Å². The number of phenols is 1. The minimum Gasteiger partial charge on any atom is -0.507 e. The topological polar surface area (TPSA) is 129 Å². The molecule has 208 valence electrons. The van der Waals surface area contributed by atoms with Crippen LogP contribution in [-0.4, -0.2) is 44.1 Å². The summed E-state index contributed by atoms with van der Waals surface area (Å²) in [6.45, 7) is 14.0. The fourth-order valence-electron chi connectivity index (χ4n) is 7.39. The van der Waals surface area contributed by atoms with E-state index in [9.17, 15) is 34.5 Å². The molecule has 0 heterocycles. The molecule has 4 rings (SSSR count). The molecule has 7 heteroatoms. The minimum atomic E-state index is -2.53. The van der Waals surface area contributed by atoms with E-state index in [4.69, 9.17) is 0 Å². The summed E-state index contributed by atoms with van der Waals surface area (Å²) in [5, 5.41) is 34.9. The highest BCUT2D eigenvalue weighted by molar-refractivity contribution is 6.33. The van der Waals surface area contributed by atoms with E-state index in [1.54, 1.807) is 19.9 Å². The van der Waals surface area contributed by atoms with Crippen LogP contribution in [0, 0.1) is 10.8 Å². The Morgan fingerprint density at radius 1 is 1.13 bits per heavy atom. The van der Waals surface area contributed by atoms with Gasteiger partial charge in [-0.1, -0.05) is 45.4 Å². The SMILES string of the molecule is C=CCCC(=O)Cc1cc(C(C)C)c2c(c1O)C(O)=C1C(=O)[C@@]3(O)C(=O)C(C(C)=O)=C(C)C[C@@]3(C)C[C@@]1(C)C2. The van der Waals surface area contributed by atoms with Crippen LogP contribution in [0.15, 0.2) is 35.4 Å². The first-order chi connectivity index (χ1) is 18.0. The Kier molecular flexibility index (Phi) is 6.92. The van der Waals surface area contributed by atoms with Crippen molar-refractivity contribution in [2.75, 3.05) is 0 Å². The van der Waals surface area contributed by atoms with Gasteiger partial charge in [0.25, 0.3) is 0 Å². The number of allylic oxidation sites excluding steroid dienone is 2. The van der Waals surface area contributed by atoms with Crippen molar-refractivity contribution in [1.82, 2.24) is 0 Å². The number of carbonyl (C=O) groups excluding carboxylic acids is 4. The highest BCUT2D eigenvalue weighted by Gasteiger charge is 2.69. The van der Waals surface area contributed by atoms with Crippen molar-refractivity contribution in [1.29, 1.82) is 0 Å². The van der Waals surface area contributed by atoms with E-state index >= 15 is 0 Å². The summed E-state index contributed by atoms with van der Waals surface area (Å²) in [5.74, 6) is -3.27. The molecule has 0 aromatic heterocycles. The van der Waals surface area contributed by atoms with Crippen molar-refractivity contribution < 1.29 is 34.5 Å². The number of phenolic OH excluding ortho intramolecular Hbond substituents is 1. The molecule has 1 fully saturated rings. The maximum Gasteiger partial charge on any atom is 0.206 e. The summed E-state index contributed by atoms with van der Waals surface area (Å²) in [7, 11) is 0. The standard InChI is InChI=1S/C32H38O7/c1-8-9-10-20(34)11-19-12-21(16(2)3)22-14-30(6)15-31(7)13-17(4)23(18(5)33)28(37)32(31,39)29(38)25(30)27(36)24(22)26(19)35/h8,12,16,35-36,39H,1,9-11,13-15H2,2-7H3/t30-,31+,32+/m1/s1. The molecule has 3 N–H and O–H groups in total. The molecule has 3 atom stereocenters. The van der Waals surface area contributed by atoms with Gasteiger partial charge in [-0.15, -0.1) is 6.58 Å². The minimum absolute atomic E-state index is 0.00861. The van der Waals surface area contributed by atoms with Crippen LogP contribution in [-0.2, 0) is 32.0 Å². The molecule has 1 saturated carbocycles. The molecule has 3 aliphatic carbocycles. The monoisotopic (exact) mass is 534 g/mol. The first-order valence-electron chi connectivity index (χ1n) is 13.5. The number of ketones is 4. The molecular formula is C32H38O7. The number of fused-ring (bicyclic) bond motifs is 3. The quantitative estimate of drug-likeness (QED) is 0.255. The molecule has 7 nitrogen and oxygen atoms in total. The second-order valence-electron chi connectivity index (χ2n) is 12.5. The van der Waals surface area contributed by atoms with Gasteiger partial charge in [-0.05, 0) is 56.6 Å². The van der Waals surface area contributed by atoms with Gasteiger partial charge in [-0.3, -0.25) is 19.2 Å². The molecule has 0 spiro atoms. The number of hydrogen-bond acceptors (Lipinski definition) is 7. The predicted molar refractivity (Wildman–Crippen MR) is 147 cm³/mol. The average molecular weight is 535 g/mol. The van der Waals surface area contributed by atoms with E-state index in [0.29, 0.717) is 29.5 Å². The first-order valence-corrected chi connectivity index (χ1v) is 13.5. The van der Waals surface area contributed by atoms with Gasteiger partial charge < -0.3 is 15.3 Å². The molecule has 1 aromatic rings. The second-order valence-corrected chi connectivity index (χ2v) is 12.5. The Hall–Kier alpha value is -3.32. The molecule has 3 aliphatic rings. The molecule has 39 heavy (non-hydrogen) atoms. The zero-order chi connectivity index (χ0) is 29.2. The molecule has 0 amide bonds. The lowest BCUT2D eigenvalue weighted by atomic mass is 9.46. The van der Waals surface area contributed by atoms with Crippen LogP contribution in [0.3, 0.4) is 0 Å². The molecule has 1 aromatic carbocycles. The number of hydrogen-bond donors (Lipinski definition) is 3. The fourth-order valence-corrected chi connectivity index (χ4v) is 7.39. The highest BCUT2D eigenvalue weighted by atomic mass is 16.3. The Morgan fingerprint density at radius 3 is 2.33 bits per heavy atom. The van der Waals surface area contributed by atoms with Gasteiger partial charge in [0.1, 0.15) is 17.3 Å². The second kappa shape index (κ2) is 9.40. The third-order valence-corrected chi connectivity index (χ3v) is 9.00. The van der Waals surface area contributed by atoms with Gasteiger partial charge in [-0.25, -0.2) is 0 Å². The summed E-state index contributed by atoms with van der Waals surface area (Å²) in [6, 6.07) is 1.81. The Bertz CT molecular complexity index is 1410. The molecule has 0 unspecified atom stereocenters. The lowest BCUT2D eigenvalue weighted by Crippen LogP contribution is -2.67. The maximum atomic E-state index is 14.2. The van der Waals surface area contributed by atoms with Crippen LogP contribution in [0.5, 0.6) is 5.75 Å². The summed E-state index contributed by atoms with van der Waals surface area (Å²) >= 11 is 0. The molecule has 0 radical (unpaired) electrons. The molecule has 0 bridgehead atoms. The molecule has 0 aliphatic heterocycles. The van der Waals surface area contributed by atoms with E-state index in [1.165, 1.54) is 6.92 Å². The van der Waals surface area contributed by atoms with Gasteiger partial charge in [0, 0.05) is 34.8 Å². The van der Waals surface area contributed by atoms with Crippen LogP contribution in [0.1, 0.15) is 95.4 Å². The van der Waals surface area contributed by atoms with Gasteiger partial charge in [-0.2, -0.15) is 0 Å². The number of rotatable bonds is 7. The number of Topliss-reactive ketones (excluding diaryl/α,β-unsaturated/α-hetero) is 4. The van der Waals surface area contributed by atoms with Gasteiger partial charge >= 0.3 is 0 Å². The lowest BCUT2D eigenvalue weighted by molar-refractivity contribution is -0.171. The Balaban J connectivity index is 1.96. The van der Waals surface area contributed by atoms with E-state index < -0.39 is 39.5 Å². The number of benzene rings is 1. The Morgan fingerprint density at radius 2 is 1.77 bits per heavy atom. The smallest absolute Gasteiger partial charge is 0.206 e. The van der Waals surface area contributed by atoms with E-state index in [1.807, 2.05) is 26.8 Å². The highest BCUT2D eigenvalue weighted by Crippen LogP contribution is 2.62. The first kappa shape index (κ1) is 28.7. The van der Waals surface area contributed by atoms with Crippen molar-refractivity contribution in [3.8, 4) is 5.75 Å². The maximum absolute atomic E-state index is 14.2. The van der Waals surface area contributed by atoms with Gasteiger partial charge in [0.2, 0.25) is 11.6 Å². The van der Waals surface area contributed by atoms with Crippen LogP contribution in [0.25, 0.3) is 5.76 Å². The van der Waals surface area contributed by atoms with Crippen molar-refractivity contribution in [2.45, 2.75) is 91.6 Å². The van der Waals surface area contributed by atoms with E-state index in [2.05, 4.69) is 6.58 Å². The summed E-state index contributed by atoms with van der Waals surface area (Å²) in [6.07, 6.45) is 3.05. The van der Waals surface area contributed by atoms with Crippen LogP contribution < -0.4 is 0 Å². The largest absolute Gasteiger partial charge is 0.507 e. The fraction of sp³-hybridized carbons (Fsp3) is 0.500. The van der Waals surface area contributed by atoms with Gasteiger partial charge in [0.05, 0.1) is 11.1 Å². The van der Waals surface area contributed by atoms with E-state index in [-0.39, 0.29) is 59.8 Å². The number of aliphatic hydroxyl groups is 2. The van der Waals surface area contributed by atoms with Gasteiger partial charge in [0.15, 0.2) is 11.4 Å². The van der Waals surface area contributed by atoms with Crippen molar-refractivity contribution in [3.05, 3.63) is 57.7 Å². The van der Waals surface area contributed by atoms with E-state index in [0.717, 1.165) is 5.56 Å². The number of aromatic hydroxyl groups is 1. The van der Waals surface area contributed by atoms with Crippen LogP contribution in [0.4, 0.5) is 0 Å². The normalized spacial score (nSPS) is 28.3. The average Bonchev–Trinajstić information content (AvgIpc) is 2.81. The third kappa shape index (κ3) is 4.05. The summed E-state index contributed by atoms with van der Waals surface area (Å²) < 4.78 is 0. The van der Waals surface area contributed by atoms with Crippen LogP contribution in [0.2, 0.25) is 0 Å². The zero-order valence-corrected chi connectivity index (χ0v) is 23.7. The summed E-state index contributed by atoms with van der Waals surface area (Å²) in [5.41, 5.74) is -2.46. The van der Waals surface area contributed by atoms with Crippen molar-refractivity contribution in [2.24, 2.45) is 10.8 Å². The summed E-state index contributed by atoms with van der Waals surface area (Å²) in [4.78, 5) is 52.7. The van der Waals surface area contributed by atoms with Crippen molar-refractivity contribution >= 4 is 28.9 Å². The number of aliphatic hydroxyl groups excluding tert-OH is 1. The molecule has 0 saturated heterocycles. The van der Waals surface area contributed by atoms with Crippen molar-refractivity contribution in [3.63, 3.8) is 0 Å². The third-order valence-electron chi connectivity index (χ3n) is 9.00. The Labute approximate surface area is 229 Å². The zero-order valence-electron chi connectivity index (χ0n) is 23.7. The molecular weight excluding hydrogens is 496 g/mol. The number of carbonyl (C=O) groups is 4. The lowest BCUT2D eigenvalue weighted by Gasteiger charge is -2.56. The predicted octanol–water partition coefficient (Wildman–Crippen LogP) is 5.01.